The summed E-state index contributed by atoms with van der Waals surface area (Å²) >= 11 is 0. The molecule has 0 saturated carbocycles. The Kier molecular flexibility index (Phi) is 5.28. The molecule has 4 aromatic rings. The molecule has 2 heterocycles. The lowest BCUT2D eigenvalue weighted by atomic mass is 10.2. The van der Waals surface area contributed by atoms with E-state index in [1.165, 1.54) is 4.80 Å². The van der Waals surface area contributed by atoms with Crippen molar-refractivity contribution < 1.29 is 9.53 Å². The monoisotopic (exact) mass is 389 g/mol. The highest BCUT2D eigenvalue weighted by molar-refractivity contribution is 6.02. The summed E-state index contributed by atoms with van der Waals surface area (Å²) in [4.78, 5) is 13.8. The van der Waals surface area contributed by atoms with E-state index in [9.17, 15) is 4.79 Å². The molecule has 2 aromatic carbocycles. The van der Waals surface area contributed by atoms with Crippen molar-refractivity contribution in [2.75, 3.05) is 11.9 Å². The average molecular weight is 389 g/mol. The van der Waals surface area contributed by atoms with E-state index in [4.69, 9.17) is 4.74 Å². The quantitative estimate of drug-likeness (QED) is 0.522. The van der Waals surface area contributed by atoms with Gasteiger partial charge in [-0.1, -0.05) is 30.3 Å². The molecule has 0 spiro atoms. The third-order valence-electron chi connectivity index (χ3n) is 4.05. The first-order chi connectivity index (χ1) is 14.2. The van der Waals surface area contributed by atoms with Crippen molar-refractivity contribution in [3.05, 3.63) is 72.6 Å². The van der Waals surface area contributed by atoms with E-state index in [2.05, 4.69) is 25.8 Å². The van der Waals surface area contributed by atoms with E-state index in [0.717, 1.165) is 11.3 Å². The predicted molar refractivity (Wildman–Crippen MR) is 106 cm³/mol. The molecule has 9 nitrogen and oxygen atoms in total. The van der Waals surface area contributed by atoms with Crippen LogP contribution in [0.4, 0.5) is 5.69 Å². The van der Waals surface area contributed by atoms with Crippen LogP contribution in [0.3, 0.4) is 0 Å². The first kappa shape index (κ1) is 18.4. The van der Waals surface area contributed by atoms with Gasteiger partial charge in [0.05, 0.1) is 6.61 Å². The second-order valence-corrected chi connectivity index (χ2v) is 6.14. The molecule has 0 unspecified atom stereocenters. The Labute approximate surface area is 166 Å². The van der Waals surface area contributed by atoms with E-state index in [1.807, 2.05) is 37.3 Å². The predicted octanol–water partition coefficient (Wildman–Crippen LogP) is 2.69. The third-order valence-corrected chi connectivity index (χ3v) is 4.05. The van der Waals surface area contributed by atoms with Crippen molar-refractivity contribution >= 4 is 11.6 Å². The van der Waals surface area contributed by atoms with Gasteiger partial charge in [0.25, 0.3) is 5.91 Å². The van der Waals surface area contributed by atoms with Crippen LogP contribution in [0.2, 0.25) is 0 Å². The van der Waals surface area contributed by atoms with Gasteiger partial charge in [0.1, 0.15) is 5.75 Å². The van der Waals surface area contributed by atoms with Crippen LogP contribution >= 0.6 is 0 Å². The summed E-state index contributed by atoms with van der Waals surface area (Å²) in [5.41, 5.74) is 1.84. The highest BCUT2D eigenvalue weighted by Gasteiger charge is 2.11. The second-order valence-electron chi connectivity index (χ2n) is 6.14. The van der Waals surface area contributed by atoms with Crippen LogP contribution in [-0.4, -0.2) is 42.5 Å². The lowest BCUT2D eigenvalue weighted by molar-refractivity contribution is 0.102. The highest BCUT2D eigenvalue weighted by atomic mass is 16.5. The largest absolute Gasteiger partial charge is 0.494 e. The molecule has 146 valence electrons. The van der Waals surface area contributed by atoms with E-state index < -0.39 is 0 Å². The summed E-state index contributed by atoms with van der Waals surface area (Å²) in [5, 5.41) is 19.5. The maximum absolute atomic E-state index is 12.4. The van der Waals surface area contributed by atoms with Crippen molar-refractivity contribution in [1.82, 2.24) is 30.0 Å². The van der Waals surface area contributed by atoms with Crippen LogP contribution in [0.5, 0.6) is 5.75 Å². The molecule has 4 rings (SSSR count). The van der Waals surface area contributed by atoms with Crippen molar-refractivity contribution in [3.63, 3.8) is 0 Å². The minimum atomic E-state index is -0.301. The van der Waals surface area contributed by atoms with Crippen molar-refractivity contribution in [3.8, 4) is 17.1 Å². The Morgan fingerprint density at radius 1 is 1.03 bits per heavy atom. The van der Waals surface area contributed by atoms with Crippen LogP contribution < -0.4 is 10.1 Å². The molecule has 29 heavy (non-hydrogen) atoms. The molecule has 0 saturated heterocycles. The highest BCUT2D eigenvalue weighted by Crippen LogP contribution is 2.16. The molecule has 0 aliphatic heterocycles. The topological polar surface area (TPSA) is 99.8 Å². The van der Waals surface area contributed by atoms with Gasteiger partial charge in [0.2, 0.25) is 5.82 Å². The van der Waals surface area contributed by atoms with Gasteiger partial charge in [-0.2, -0.15) is 5.10 Å². The van der Waals surface area contributed by atoms with Crippen LogP contribution in [0.25, 0.3) is 11.4 Å². The van der Waals surface area contributed by atoms with Crippen LogP contribution in [0, 0.1) is 0 Å². The molecule has 1 N–H and O–H groups in total. The smallest absolute Gasteiger partial charge is 0.276 e. The summed E-state index contributed by atoms with van der Waals surface area (Å²) in [5.74, 6) is 0.987. The number of aromatic nitrogens is 6. The molecule has 0 aliphatic carbocycles. The Bertz CT molecular complexity index is 1090. The number of nitrogens with one attached hydrogen (secondary N) is 1. The van der Waals surface area contributed by atoms with E-state index >= 15 is 0 Å². The number of tetrazole rings is 1. The number of ether oxygens (including phenoxy) is 1. The fraction of sp³-hybridized carbons (Fsp3) is 0.150. The molecule has 2 aromatic heterocycles. The summed E-state index contributed by atoms with van der Waals surface area (Å²) in [6.45, 7) is 2.76. The lowest BCUT2D eigenvalue weighted by Gasteiger charge is -2.06. The zero-order chi connectivity index (χ0) is 20.1. The van der Waals surface area contributed by atoms with E-state index in [-0.39, 0.29) is 12.6 Å². The molecule has 1 amide bonds. The summed E-state index contributed by atoms with van der Waals surface area (Å²) in [7, 11) is 0. The van der Waals surface area contributed by atoms with E-state index in [0.29, 0.717) is 23.8 Å². The number of anilines is 1. The zero-order valence-electron chi connectivity index (χ0n) is 15.8. The molecular formula is C20H19N7O2. The minimum absolute atomic E-state index is 0.246. The Hall–Kier alpha value is -4.01. The van der Waals surface area contributed by atoms with Crippen LogP contribution in [0.1, 0.15) is 17.4 Å². The normalized spacial score (nSPS) is 10.7. The zero-order valence-corrected chi connectivity index (χ0v) is 15.8. The van der Waals surface area contributed by atoms with Gasteiger partial charge in [-0.15, -0.1) is 15.0 Å². The summed E-state index contributed by atoms with van der Waals surface area (Å²) in [6, 6.07) is 18.4. The fourth-order valence-corrected chi connectivity index (χ4v) is 2.69. The number of benzene rings is 2. The number of nitrogens with zero attached hydrogens (tertiary/aromatic N) is 6. The second kappa shape index (κ2) is 8.34. The number of hydrogen-bond acceptors (Lipinski definition) is 6. The minimum Gasteiger partial charge on any atom is -0.494 e. The fourth-order valence-electron chi connectivity index (χ4n) is 2.69. The number of carbonyl (C=O) groups excluding carboxylic acids is 1. The molecule has 9 heteroatoms. The molecule has 0 radical (unpaired) electrons. The molecule has 0 atom stereocenters. The van der Waals surface area contributed by atoms with Crippen molar-refractivity contribution in [1.29, 1.82) is 0 Å². The maximum Gasteiger partial charge on any atom is 0.276 e. The molecule has 0 fully saturated rings. The van der Waals surface area contributed by atoms with Gasteiger partial charge in [-0.25, -0.2) is 4.68 Å². The maximum atomic E-state index is 12.4. The first-order valence-corrected chi connectivity index (χ1v) is 9.12. The lowest BCUT2D eigenvalue weighted by Crippen LogP contribution is -2.15. The van der Waals surface area contributed by atoms with Gasteiger partial charge in [-0.3, -0.25) is 4.79 Å². The van der Waals surface area contributed by atoms with E-state index in [1.54, 1.807) is 41.2 Å². The Morgan fingerprint density at radius 3 is 2.59 bits per heavy atom. The number of amides is 1. The Morgan fingerprint density at radius 2 is 1.83 bits per heavy atom. The third kappa shape index (κ3) is 4.46. The Balaban J connectivity index is 1.39. The average Bonchev–Trinajstić information content (AvgIpc) is 3.41. The molecular weight excluding hydrogens is 370 g/mol. The number of hydrogen-bond donors (Lipinski definition) is 1. The van der Waals surface area contributed by atoms with Gasteiger partial charge >= 0.3 is 0 Å². The van der Waals surface area contributed by atoms with Crippen molar-refractivity contribution in [2.24, 2.45) is 0 Å². The SMILES string of the molecule is CCOc1ccc(NC(=O)c2ccn(Cn3nnc(-c4ccccc4)n3)n2)cc1. The van der Waals surface area contributed by atoms with Gasteiger partial charge in [0, 0.05) is 17.4 Å². The number of carbonyl (C=O) groups is 1. The molecule has 0 bridgehead atoms. The summed E-state index contributed by atoms with van der Waals surface area (Å²) in [6.07, 6.45) is 1.69. The van der Waals surface area contributed by atoms with Crippen molar-refractivity contribution in [2.45, 2.75) is 13.6 Å². The summed E-state index contributed by atoms with van der Waals surface area (Å²) < 4.78 is 6.97. The van der Waals surface area contributed by atoms with Gasteiger partial charge < -0.3 is 10.1 Å². The van der Waals surface area contributed by atoms with Gasteiger partial charge in [-0.05, 0) is 42.5 Å². The van der Waals surface area contributed by atoms with Crippen LogP contribution in [0.15, 0.2) is 66.9 Å². The van der Waals surface area contributed by atoms with Crippen LogP contribution in [-0.2, 0) is 6.67 Å². The molecule has 0 aliphatic rings. The van der Waals surface area contributed by atoms with Gasteiger partial charge in [0.15, 0.2) is 12.4 Å². The first-order valence-electron chi connectivity index (χ1n) is 9.12. The standard InChI is InChI=1S/C20H19N7O2/c1-2-29-17-10-8-16(9-11-17)21-20(28)18-12-13-26(23-18)14-27-24-19(22-25-27)15-6-4-3-5-7-15/h3-13H,2,14H2,1H3,(H,21,28). The number of rotatable bonds is 7.